The quantitative estimate of drug-likeness (QED) is 0.348. The molecule has 228 valence electrons. The van der Waals surface area contributed by atoms with Crippen molar-refractivity contribution in [2.45, 2.75) is 77.0 Å². The fourth-order valence-electron chi connectivity index (χ4n) is 7.95. The van der Waals surface area contributed by atoms with Crippen molar-refractivity contribution < 1.29 is 34.4 Å². The summed E-state index contributed by atoms with van der Waals surface area (Å²) in [5, 5.41) is 34.3. The minimum Gasteiger partial charge on any atom is -0.457 e. The first-order valence-corrected chi connectivity index (χ1v) is 15.2. The number of ether oxygens (including phenoxy) is 2. The molecule has 9 nitrogen and oxygen atoms in total. The molecular formula is C33H44N2O7. The Hall–Kier alpha value is -3.14. The molecule has 1 aliphatic heterocycles. The lowest BCUT2D eigenvalue weighted by atomic mass is 9.46. The van der Waals surface area contributed by atoms with Crippen molar-refractivity contribution in [2.75, 3.05) is 25.1 Å². The number of amides is 2. The van der Waals surface area contributed by atoms with Crippen LogP contribution in [0.1, 0.15) is 58.8 Å². The Morgan fingerprint density at radius 3 is 2.38 bits per heavy atom. The van der Waals surface area contributed by atoms with Crippen LogP contribution < -0.4 is 10.1 Å². The Morgan fingerprint density at radius 2 is 1.69 bits per heavy atom. The van der Waals surface area contributed by atoms with Gasteiger partial charge >= 0.3 is 6.09 Å². The second-order valence-corrected chi connectivity index (χ2v) is 12.7. The Kier molecular flexibility index (Phi) is 9.11. The first-order valence-electron chi connectivity index (χ1n) is 15.2. The second kappa shape index (κ2) is 12.6. The van der Waals surface area contributed by atoms with Gasteiger partial charge < -0.3 is 29.7 Å². The number of nitrogens with one attached hydrogen (secondary N) is 1. The van der Waals surface area contributed by atoms with Crippen LogP contribution in [0, 0.1) is 22.7 Å². The fourth-order valence-corrected chi connectivity index (χ4v) is 7.95. The van der Waals surface area contributed by atoms with Crippen molar-refractivity contribution in [1.29, 1.82) is 0 Å². The molecule has 3 fully saturated rings. The molecule has 1 heterocycles. The summed E-state index contributed by atoms with van der Waals surface area (Å²) in [4.78, 5) is 28.1. The predicted molar refractivity (Wildman–Crippen MR) is 158 cm³/mol. The van der Waals surface area contributed by atoms with Gasteiger partial charge in [0.15, 0.2) is 0 Å². The van der Waals surface area contributed by atoms with Gasteiger partial charge in [0.05, 0.1) is 25.4 Å². The number of hydrogen-bond acceptors (Lipinski definition) is 7. The highest BCUT2D eigenvalue weighted by Gasteiger charge is 2.60. The summed E-state index contributed by atoms with van der Waals surface area (Å²) in [6.45, 7) is 4.49. The van der Waals surface area contributed by atoms with Crippen LogP contribution >= 0.6 is 0 Å². The number of fused-ring (bicyclic) bond motifs is 1. The van der Waals surface area contributed by atoms with Crippen LogP contribution in [0.3, 0.4) is 0 Å². The van der Waals surface area contributed by atoms with Gasteiger partial charge in [-0.05, 0) is 92.2 Å². The lowest BCUT2D eigenvalue weighted by Gasteiger charge is -2.60. The van der Waals surface area contributed by atoms with E-state index in [1.54, 1.807) is 29.2 Å². The molecule has 7 atom stereocenters. The second-order valence-electron chi connectivity index (χ2n) is 12.7. The maximum atomic E-state index is 13.3. The zero-order valence-corrected chi connectivity index (χ0v) is 24.6. The Morgan fingerprint density at radius 1 is 0.976 bits per heavy atom. The number of nitrogens with zero attached hydrogens (tertiary/aromatic N) is 1. The number of carbonyl (C=O) groups excluding carboxylic acids is 2. The van der Waals surface area contributed by atoms with Gasteiger partial charge in [0.25, 0.3) is 0 Å². The molecule has 0 aromatic heterocycles. The molecule has 2 aliphatic carbocycles. The van der Waals surface area contributed by atoms with E-state index >= 15 is 0 Å². The standard InChI is InChI=1S/C33H44N2O7/c1-32-17-16-29(42-31(40)34-22-10-12-25(13-11-22)41-24-8-4-3-5-9-24)33(2,21-37)28(32)15-14-27(38)26(32)19-30(39)35-18-6-7-23(35)20-36/h3-5,8-13,23,26-29,36-38H,6-7,14-21H2,1-2H3,(H,34,40)/t23-,26+,27+,28?,29+,32-,33-/m0/s1. The average molecular weight is 581 g/mol. The molecule has 9 heteroatoms. The molecule has 2 aromatic rings. The molecule has 2 aromatic carbocycles. The number of aliphatic hydroxyl groups is 3. The number of aliphatic hydroxyl groups excluding tert-OH is 3. The fraction of sp³-hybridized carbons (Fsp3) is 0.576. The summed E-state index contributed by atoms with van der Waals surface area (Å²) in [5.41, 5.74) is -0.584. The number of rotatable bonds is 8. The van der Waals surface area contributed by atoms with E-state index in [2.05, 4.69) is 12.2 Å². The van der Waals surface area contributed by atoms with E-state index in [0.717, 1.165) is 18.6 Å². The summed E-state index contributed by atoms with van der Waals surface area (Å²) >= 11 is 0. The summed E-state index contributed by atoms with van der Waals surface area (Å²) in [7, 11) is 0. The zero-order valence-electron chi connectivity index (χ0n) is 24.6. The van der Waals surface area contributed by atoms with Crippen molar-refractivity contribution in [3.8, 4) is 11.5 Å². The summed E-state index contributed by atoms with van der Waals surface area (Å²) in [5.74, 6) is 1.01. The number of para-hydroxylation sites is 1. The maximum Gasteiger partial charge on any atom is 0.411 e. The number of hydrogen-bond donors (Lipinski definition) is 4. The Bertz CT molecular complexity index is 1220. The van der Waals surface area contributed by atoms with Crippen molar-refractivity contribution in [3.63, 3.8) is 0 Å². The van der Waals surface area contributed by atoms with E-state index in [1.807, 2.05) is 37.3 Å². The normalized spacial score (nSPS) is 32.6. The summed E-state index contributed by atoms with van der Waals surface area (Å²) in [6.07, 6.45) is 2.52. The largest absolute Gasteiger partial charge is 0.457 e. The van der Waals surface area contributed by atoms with Gasteiger partial charge in [0.2, 0.25) is 5.91 Å². The van der Waals surface area contributed by atoms with Crippen LogP contribution in [0.15, 0.2) is 54.6 Å². The summed E-state index contributed by atoms with van der Waals surface area (Å²) in [6, 6.07) is 16.3. The van der Waals surface area contributed by atoms with Crippen LogP contribution in [-0.2, 0) is 9.53 Å². The monoisotopic (exact) mass is 580 g/mol. The van der Waals surface area contributed by atoms with Gasteiger partial charge in [-0.3, -0.25) is 10.1 Å². The molecule has 3 aliphatic rings. The maximum absolute atomic E-state index is 13.3. The Balaban J connectivity index is 1.24. The third-order valence-corrected chi connectivity index (χ3v) is 10.3. The Labute approximate surface area is 247 Å². The van der Waals surface area contributed by atoms with E-state index in [1.165, 1.54) is 0 Å². The van der Waals surface area contributed by atoms with Crippen molar-refractivity contribution in [1.82, 2.24) is 4.90 Å². The molecule has 0 radical (unpaired) electrons. The van der Waals surface area contributed by atoms with E-state index in [-0.39, 0.29) is 43.4 Å². The molecule has 0 bridgehead atoms. The van der Waals surface area contributed by atoms with Crippen LogP contribution in [0.2, 0.25) is 0 Å². The van der Waals surface area contributed by atoms with E-state index in [4.69, 9.17) is 9.47 Å². The zero-order chi connectivity index (χ0) is 29.9. The molecule has 1 unspecified atom stereocenters. The SMILES string of the molecule is C[C@]1(CO)C2CC[C@@H](O)[C@@H](CC(=O)N3CCC[C@H]3CO)[C@]2(C)CC[C@H]1OC(=O)Nc1ccc(Oc2ccccc2)cc1. The number of benzene rings is 2. The lowest BCUT2D eigenvalue weighted by Crippen LogP contribution is -2.61. The van der Waals surface area contributed by atoms with Gasteiger partial charge in [-0.15, -0.1) is 0 Å². The van der Waals surface area contributed by atoms with Gasteiger partial charge in [0.1, 0.15) is 17.6 Å². The van der Waals surface area contributed by atoms with Crippen LogP contribution in [0.4, 0.5) is 10.5 Å². The first kappa shape index (κ1) is 30.3. The minimum absolute atomic E-state index is 0.0267. The van der Waals surface area contributed by atoms with Crippen LogP contribution in [-0.4, -0.2) is 70.2 Å². The molecule has 5 rings (SSSR count). The molecule has 1 saturated heterocycles. The highest BCUT2D eigenvalue weighted by atomic mass is 16.6. The smallest absolute Gasteiger partial charge is 0.411 e. The number of anilines is 1. The van der Waals surface area contributed by atoms with Crippen molar-refractivity contribution in [3.05, 3.63) is 54.6 Å². The summed E-state index contributed by atoms with van der Waals surface area (Å²) < 4.78 is 11.8. The average Bonchev–Trinajstić information content (AvgIpc) is 3.47. The highest BCUT2D eigenvalue weighted by molar-refractivity contribution is 5.84. The van der Waals surface area contributed by atoms with Crippen LogP contribution in [0.25, 0.3) is 0 Å². The molecular weight excluding hydrogens is 536 g/mol. The predicted octanol–water partition coefficient (Wildman–Crippen LogP) is 4.96. The first-order chi connectivity index (χ1) is 20.2. The van der Waals surface area contributed by atoms with Crippen LogP contribution in [0.5, 0.6) is 11.5 Å². The van der Waals surface area contributed by atoms with Gasteiger partial charge in [-0.1, -0.05) is 32.0 Å². The lowest BCUT2D eigenvalue weighted by molar-refractivity contribution is -0.186. The number of likely N-dealkylation sites (tertiary alicyclic amines) is 1. The topological polar surface area (TPSA) is 129 Å². The third-order valence-electron chi connectivity index (χ3n) is 10.3. The van der Waals surface area contributed by atoms with E-state index < -0.39 is 29.1 Å². The van der Waals surface area contributed by atoms with Crippen molar-refractivity contribution in [2.24, 2.45) is 22.7 Å². The minimum atomic E-state index is -0.736. The molecule has 2 saturated carbocycles. The molecule has 2 amide bonds. The molecule has 42 heavy (non-hydrogen) atoms. The highest BCUT2D eigenvalue weighted by Crippen LogP contribution is 2.61. The molecule has 0 spiro atoms. The van der Waals surface area contributed by atoms with E-state index in [0.29, 0.717) is 43.7 Å². The van der Waals surface area contributed by atoms with Gasteiger partial charge in [-0.2, -0.15) is 0 Å². The molecule has 4 N–H and O–H groups in total. The van der Waals surface area contributed by atoms with Gasteiger partial charge in [-0.25, -0.2) is 4.79 Å². The van der Waals surface area contributed by atoms with E-state index in [9.17, 15) is 24.9 Å². The third kappa shape index (κ3) is 6.00. The number of carbonyl (C=O) groups is 2. The van der Waals surface area contributed by atoms with Crippen molar-refractivity contribution >= 4 is 17.7 Å². The van der Waals surface area contributed by atoms with Gasteiger partial charge in [0, 0.05) is 24.1 Å².